The van der Waals surface area contributed by atoms with E-state index in [1.807, 2.05) is 72.8 Å². The molecule has 40 heavy (non-hydrogen) atoms. The lowest BCUT2D eigenvalue weighted by atomic mass is 9.77. The van der Waals surface area contributed by atoms with E-state index in [1.54, 1.807) is 31.9 Å². The average molecular weight is 519 g/mol. The molecule has 5 aromatic rings. The number of ether oxygens (including phenoxy) is 1. The largest absolute Gasteiger partial charge is 0.497 e. The molecule has 192 valence electrons. The molecule has 0 saturated heterocycles. The van der Waals surface area contributed by atoms with Gasteiger partial charge in [-0.2, -0.15) is 0 Å². The Hall–Kier alpha value is -5.16. The lowest BCUT2D eigenvalue weighted by Crippen LogP contribution is -2.30. The average Bonchev–Trinajstić information content (AvgIpc) is 3.14. The van der Waals surface area contributed by atoms with Gasteiger partial charge in [-0.1, -0.05) is 47.9 Å². The van der Waals surface area contributed by atoms with Crippen molar-refractivity contribution < 1.29 is 9.84 Å². The summed E-state index contributed by atoms with van der Waals surface area (Å²) in [5.41, 5.74) is 6.50. The molecule has 2 heterocycles. The van der Waals surface area contributed by atoms with Gasteiger partial charge in [-0.05, 0) is 101 Å². The number of nitrogens with zero attached hydrogens (tertiary/aromatic N) is 2. The summed E-state index contributed by atoms with van der Waals surface area (Å²) in [5.74, 6) is 13.6. The second kappa shape index (κ2) is 10.9. The van der Waals surface area contributed by atoms with Gasteiger partial charge < -0.3 is 9.84 Å². The number of hydrogen-bond donors (Lipinski definition) is 1. The van der Waals surface area contributed by atoms with Crippen molar-refractivity contribution in [2.45, 2.75) is 18.4 Å². The van der Waals surface area contributed by atoms with Gasteiger partial charge in [0.05, 0.1) is 7.11 Å². The monoisotopic (exact) mass is 518 g/mol. The van der Waals surface area contributed by atoms with Gasteiger partial charge in [-0.15, -0.1) is 0 Å². The van der Waals surface area contributed by atoms with Gasteiger partial charge >= 0.3 is 0 Å². The van der Waals surface area contributed by atoms with Crippen molar-refractivity contribution in [1.82, 2.24) is 9.97 Å². The summed E-state index contributed by atoms with van der Waals surface area (Å²) in [6, 6.07) is 27.5. The molecule has 2 aromatic heterocycles. The van der Waals surface area contributed by atoms with Gasteiger partial charge in [0.1, 0.15) is 11.4 Å². The SMILES string of the molecule is COc1ccc(C2(O)c3cc(C#Cc4cccnc4)ccc3CCc3ccc(C#Cc4cccnc4)cc32)cc1. The highest BCUT2D eigenvalue weighted by Gasteiger charge is 2.39. The molecule has 0 amide bonds. The van der Waals surface area contributed by atoms with Gasteiger partial charge in [0.15, 0.2) is 0 Å². The molecule has 0 aliphatic heterocycles. The Morgan fingerprint density at radius 2 is 1.15 bits per heavy atom. The standard InChI is InChI=1S/C36H26N2O2/c1-40-33-18-16-32(17-19-33)36(39)34-22-26(6-8-28-4-2-20-37-24-28)10-12-30(34)14-15-31-13-11-27(23-35(31)36)7-9-29-5-3-21-38-25-29/h2-5,10-13,16-25,39H,14-15H2,1H3. The normalized spacial score (nSPS) is 12.8. The van der Waals surface area contributed by atoms with Crippen LogP contribution in [0.2, 0.25) is 0 Å². The van der Waals surface area contributed by atoms with E-state index in [9.17, 15) is 5.11 Å². The van der Waals surface area contributed by atoms with Crippen LogP contribution in [-0.4, -0.2) is 22.2 Å². The van der Waals surface area contributed by atoms with E-state index in [0.717, 1.165) is 68.7 Å². The van der Waals surface area contributed by atoms with E-state index >= 15 is 0 Å². The van der Waals surface area contributed by atoms with Crippen LogP contribution >= 0.6 is 0 Å². The number of aromatic nitrogens is 2. The van der Waals surface area contributed by atoms with Gasteiger partial charge in [-0.3, -0.25) is 9.97 Å². The van der Waals surface area contributed by atoms with Crippen LogP contribution in [0.15, 0.2) is 110 Å². The highest BCUT2D eigenvalue weighted by Crippen LogP contribution is 2.43. The first-order valence-corrected chi connectivity index (χ1v) is 13.1. The van der Waals surface area contributed by atoms with E-state index < -0.39 is 5.60 Å². The van der Waals surface area contributed by atoms with Crippen LogP contribution in [0.25, 0.3) is 0 Å². The van der Waals surface area contributed by atoms with Crippen molar-refractivity contribution in [1.29, 1.82) is 0 Å². The maximum Gasteiger partial charge on any atom is 0.141 e. The number of rotatable bonds is 2. The number of fused-ring (bicyclic) bond motifs is 2. The van der Waals surface area contributed by atoms with Crippen LogP contribution in [0.4, 0.5) is 0 Å². The van der Waals surface area contributed by atoms with E-state index in [1.165, 1.54) is 0 Å². The molecule has 0 bridgehead atoms. The second-order valence-electron chi connectivity index (χ2n) is 9.67. The molecule has 1 aliphatic rings. The lowest BCUT2D eigenvalue weighted by Gasteiger charge is -2.32. The molecule has 0 radical (unpaired) electrons. The zero-order valence-electron chi connectivity index (χ0n) is 22.1. The van der Waals surface area contributed by atoms with Crippen molar-refractivity contribution in [2.24, 2.45) is 0 Å². The van der Waals surface area contributed by atoms with E-state index in [2.05, 4.69) is 45.8 Å². The molecule has 1 aliphatic carbocycles. The summed E-state index contributed by atoms with van der Waals surface area (Å²) in [5, 5.41) is 12.9. The number of aliphatic hydroxyl groups is 1. The lowest BCUT2D eigenvalue weighted by molar-refractivity contribution is 0.125. The predicted octanol–water partition coefficient (Wildman–Crippen LogP) is 5.67. The van der Waals surface area contributed by atoms with Gasteiger partial charge in [0.2, 0.25) is 0 Å². The van der Waals surface area contributed by atoms with Crippen LogP contribution in [0.1, 0.15) is 50.1 Å². The number of benzene rings is 3. The first kappa shape index (κ1) is 25.1. The highest BCUT2D eigenvalue weighted by molar-refractivity contribution is 5.59. The number of methoxy groups -OCH3 is 1. The maximum absolute atomic E-state index is 12.9. The van der Waals surface area contributed by atoms with Crippen LogP contribution in [-0.2, 0) is 18.4 Å². The Labute approximate surface area is 234 Å². The quantitative estimate of drug-likeness (QED) is 0.306. The van der Waals surface area contributed by atoms with E-state index in [-0.39, 0.29) is 0 Å². The molecule has 4 heteroatoms. The minimum atomic E-state index is -1.41. The topological polar surface area (TPSA) is 55.2 Å². The minimum absolute atomic E-state index is 0.730. The molecule has 4 nitrogen and oxygen atoms in total. The summed E-state index contributed by atoms with van der Waals surface area (Å²) in [4.78, 5) is 8.31. The molecule has 0 unspecified atom stereocenters. The molecule has 1 N–H and O–H groups in total. The Kier molecular flexibility index (Phi) is 6.86. The molecule has 0 saturated carbocycles. The van der Waals surface area contributed by atoms with E-state index in [4.69, 9.17) is 4.74 Å². The fourth-order valence-electron chi connectivity index (χ4n) is 5.14. The van der Waals surface area contributed by atoms with Crippen molar-refractivity contribution in [3.8, 4) is 29.4 Å². The number of aryl methyl sites for hydroxylation is 2. The third-order valence-electron chi connectivity index (χ3n) is 7.20. The maximum atomic E-state index is 12.9. The predicted molar refractivity (Wildman–Crippen MR) is 156 cm³/mol. The third kappa shape index (κ3) is 4.97. The first-order valence-electron chi connectivity index (χ1n) is 13.1. The zero-order chi connectivity index (χ0) is 27.4. The Balaban J connectivity index is 1.52. The summed E-state index contributed by atoms with van der Waals surface area (Å²) < 4.78 is 5.41. The third-order valence-corrected chi connectivity index (χ3v) is 7.20. The minimum Gasteiger partial charge on any atom is -0.497 e. The summed E-state index contributed by atoms with van der Waals surface area (Å²) in [6.45, 7) is 0. The molecular weight excluding hydrogens is 492 g/mol. The van der Waals surface area contributed by atoms with Gasteiger partial charge in [0, 0.05) is 47.0 Å². The summed E-state index contributed by atoms with van der Waals surface area (Å²) >= 11 is 0. The summed E-state index contributed by atoms with van der Waals surface area (Å²) in [6.07, 6.45) is 8.56. The fraction of sp³-hybridized carbons (Fsp3) is 0.111. The second-order valence-corrected chi connectivity index (χ2v) is 9.67. The van der Waals surface area contributed by atoms with Crippen LogP contribution in [0.5, 0.6) is 5.75 Å². The smallest absolute Gasteiger partial charge is 0.141 e. The van der Waals surface area contributed by atoms with Gasteiger partial charge in [-0.25, -0.2) is 0 Å². The van der Waals surface area contributed by atoms with Crippen molar-refractivity contribution >= 4 is 0 Å². The number of pyridine rings is 2. The Morgan fingerprint density at radius 3 is 1.60 bits per heavy atom. The Bertz CT molecular complexity index is 1680. The van der Waals surface area contributed by atoms with Crippen molar-refractivity contribution in [3.63, 3.8) is 0 Å². The van der Waals surface area contributed by atoms with Gasteiger partial charge in [0.25, 0.3) is 0 Å². The van der Waals surface area contributed by atoms with Crippen LogP contribution < -0.4 is 4.74 Å². The molecular formula is C36H26N2O2. The molecule has 0 fully saturated rings. The van der Waals surface area contributed by atoms with Crippen molar-refractivity contribution in [2.75, 3.05) is 7.11 Å². The highest BCUT2D eigenvalue weighted by atomic mass is 16.5. The van der Waals surface area contributed by atoms with Crippen molar-refractivity contribution in [3.05, 3.63) is 160 Å². The Morgan fingerprint density at radius 1 is 0.650 bits per heavy atom. The molecule has 0 atom stereocenters. The van der Waals surface area contributed by atoms with E-state index in [0.29, 0.717) is 0 Å². The fourth-order valence-corrected chi connectivity index (χ4v) is 5.14. The molecule has 6 rings (SSSR count). The summed E-state index contributed by atoms with van der Waals surface area (Å²) in [7, 11) is 1.64. The van der Waals surface area contributed by atoms with Crippen LogP contribution in [0.3, 0.4) is 0 Å². The molecule has 3 aromatic carbocycles. The zero-order valence-corrected chi connectivity index (χ0v) is 22.1. The number of hydrogen-bond acceptors (Lipinski definition) is 4. The first-order chi connectivity index (χ1) is 19.6. The molecule has 0 spiro atoms. The van der Waals surface area contributed by atoms with Crippen LogP contribution in [0, 0.1) is 23.7 Å².